The maximum absolute atomic E-state index is 13.1. The summed E-state index contributed by atoms with van der Waals surface area (Å²) in [7, 11) is 0. The average Bonchev–Trinajstić information content (AvgIpc) is 2.13. The van der Waals surface area contributed by atoms with E-state index in [0.29, 0.717) is 0 Å². The van der Waals surface area contributed by atoms with E-state index in [-0.39, 0.29) is 6.92 Å². The van der Waals surface area contributed by atoms with Crippen LogP contribution in [-0.2, 0) is 0 Å². The zero-order chi connectivity index (χ0) is 14.1. The minimum absolute atomic E-state index is 0.170. The Morgan fingerprint density at radius 1 is 0.647 bits per heavy atom. The number of hydrogen-bond donors (Lipinski definition) is 0. The van der Waals surface area contributed by atoms with Crippen LogP contribution >= 0.6 is 0 Å². The molecule has 0 aromatic carbocycles. The van der Waals surface area contributed by atoms with E-state index >= 15 is 0 Å². The predicted octanol–water partition coefficient (Wildman–Crippen LogP) is 3.91. The van der Waals surface area contributed by atoms with Gasteiger partial charge in [0.2, 0.25) is 5.67 Å². The van der Waals surface area contributed by atoms with Gasteiger partial charge in [-0.05, 0) is 6.92 Å². The monoisotopic (exact) mass is 274 g/mol. The van der Waals surface area contributed by atoms with E-state index in [1.807, 2.05) is 0 Å². The van der Waals surface area contributed by atoms with Crippen molar-refractivity contribution >= 4 is 0 Å². The number of hydrogen-bond acceptors (Lipinski definition) is 0. The van der Waals surface area contributed by atoms with Crippen molar-refractivity contribution in [3.63, 3.8) is 0 Å². The third kappa shape index (κ3) is 1.22. The molecule has 0 saturated heterocycles. The molecule has 0 nitrogen and oxygen atoms in total. The number of rotatable bonds is 0. The van der Waals surface area contributed by atoms with E-state index in [1.54, 1.807) is 0 Å². The van der Waals surface area contributed by atoms with Gasteiger partial charge in [0.25, 0.3) is 0 Å². The van der Waals surface area contributed by atoms with E-state index in [0.717, 1.165) is 0 Å². The SMILES string of the molecule is CC1C(F)(F)C(F)(F)C(C)(F)C(F)(F)C1(F)F. The normalized spacial score (nSPS) is 42.2. The summed E-state index contributed by atoms with van der Waals surface area (Å²) in [5.74, 6) is -26.7. The Labute approximate surface area is 89.8 Å². The fraction of sp³-hybridized carbons (Fsp3) is 1.00. The zero-order valence-corrected chi connectivity index (χ0v) is 8.48. The first-order chi connectivity index (χ1) is 7.15. The van der Waals surface area contributed by atoms with Gasteiger partial charge in [-0.15, -0.1) is 0 Å². The Hall–Kier alpha value is -0.630. The van der Waals surface area contributed by atoms with E-state index < -0.39 is 42.2 Å². The van der Waals surface area contributed by atoms with Gasteiger partial charge >= 0.3 is 23.7 Å². The summed E-state index contributed by atoms with van der Waals surface area (Å²) in [5.41, 5.74) is -5.35. The third-order valence-electron chi connectivity index (χ3n) is 3.10. The minimum atomic E-state index is -5.90. The van der Waals surface area contributed by atoms with Crippen LogP contribution in [0.2, 0.25) is 0 Å². The standard InChI is InChI=1S/C8H7F9/c1-3-5(10,11)7(14,15)4(2,9)8(16,17)6(3,12)13/h3H,1-2H3. The van der Waals surface area contributed by atoms with Gasteiger partial charge in [0.1, 0.15) is 0 Å². The lowest BCUT2D eigenvalue weighted by atomic mass is 9.70. The molecule has 0 bridgehead atoms. The highest BCUT2D eigenvalue weighted by Gasteiger charge is 2.91. The second-order valence-electron chi connectivity index (χ2n) is 4.12. The first-order valence-corrected chi connectivity index (χ1v) is 4.36. The Balaban J connectivity index is 3.56. The van der Waals surface area contributed by atoms with Crippen LogP contribution < -0.4 is 0 Å². The molecule has 0 spiro atoms. The van der Waals surface area contributed by atoms with Crippen molar-refractivity contribution in [2.75, 3.05) is 0 Å². The van der Waals surface area contributed by atoms with Crippen LogP contribution in [0.25, 0.3) is 0 Å². The molecule has 0 aromatic heterocycles. The topological polar surface area (TPSA) is 0 Å². The predicted molar refractivity (Wildman–Crippen MR) is 38.5 cm³/mol. The maximum atomic E-state index is 13.1. The highest BCUT2D eigenvalue weighted by atomic mass is 19.3. The van der Waals surface area contributed by atoms with E-state index in [4.69, 9.17) is 0 Å². The summed E-state index contributed by atoms with van der Waals surface area (Å²) in [4.78, 5) is 0. The third-order valence-corrected chi connectivity index (χ3v) is 3.10. The zero-order valence-electron chi connectivity index (χ0n) is 8.48. The van der Waals surface area contributed by atoms with Gasteiger partial charge in [-0.25, -0.2) is 4.39 Å². The molecule has 17 heavy (non-hydrogen) atoms. The first kappa shape index (κ1) is 14.4. The van der Waals surface area contributed by atoms with Gasteiger partial charge in [-0.1, -0.05) is 6.92 Å². The van der Waals surface area contributed by atoms with Crippen LogP contribution in [-0.4, -0.2) is 29.4 Å². The molecule has 0 N–H and O–H groups in total. The Morgan fingerprint density at radius 2 is 0.882 bits per heavy atom. The lowest BCUT2D eigenvalue weighted by molar-refractivity contribution is -0.428. The molecule has 0 aliphatic heterocycles. The number of halogens is 9. The summed E-state index contributed by atoms with van der Waals surface area (Å²) in [6, 6.07) is 0. The van der Waals surface area contributed by atoms with Gasteiger partial charge in [0.05, 0.1) is 5.92 Å². The second-order valence-corrected chi connectivity index (χ2v) is 4.12. The quantitative estimate of drug-likeness (QED) is 0.587. The van der Waals surface area contributed by atoms with Gasteiger partial charge in [-0.2, -0.15) is 35.1 Å². The molecular weight excluding hydrogens is 267 g/mol. The summed E-state index contributed by atoms with van der Waals surface area (Å²) in [5, 5.41) is 0. The van der Waals surface area contributed by atoms with Crippen molar-refractivity contribution in [3.8, 4) is 0 Å². The fourth-order valence-corrected chi connectivity index (χ4v) is 1.59. The highest BCUT2D eigenvalue weighted by Crippen LogP contribution is 2.65. The molecular formula is C8H7F9. The van der Waals surface area contributed by atoms with Crippen molar-refractivity contribution < 1.29 is 39.5 Å². The molecule has 0 amide bonds. The molecule has 1 rings (SSSR count). The van der Waals surface area contributed by atoms with Gasteiger partial charge in [-0.3, -0.25) is 0 Å². The van der Waals surface area contributed by atoms with Crippen molar-refractivity contribution in [2.24, 2.45) is 5.92 Å². The molecule has 1 aliphatic carbocycles. The van der Waals surface area contributed by atoms with Crippen LogP contribution in [0.15, 0.2) is 0 Å². The first-order valence-electron chi connectivity index (χ1n) is 4.36. The summed E-state index contributed by atoms with van der Waals surface area (Å²) >= 11 is 0. The van der Waals surface area contributed by atoms with Crippen molar-refractivity contribution in [3.05, 3.63) is 0 Å². The average molecular weight is 274 g/mol. The largest absolute Gasteiger partial charge is 0.349 e. The fourth-order valence-electron chi connectivity index (χ4n) is 1.59. The minimum Gasteiger partial charge on any atom is -0.230 e. The lowest BCUT2D eigenvalue weighted by Gasteiger charge is -2.51. The molecule has 1 fully saturated rings. The van der Waals surface area contributed by atoms with Crippen LogP contribution in [0, 0.1) is 5.92 Å². The molecule has 0 radical (unpaired) electrons. The van der Waals surface area contributed by atoms with E-state index in [2.05, 4.69) is 0 Å². The smallest absolute Gasteiger partial charge is 0.230 e. The molecule has 0 aromatic rings. The molecule has 0 heterocycles. The molecule has 0 atom stereocenters. The second kappa shape index (κ2) is 3.03. The Morgan fingerprint density at radius 3 is 1.12 bits per heavy atom. The molecule has 9 heteroatoms. The molecule has 1 aliphatic rings. The van der Waals surface area contributed by atoms with Gasteiger partial charge < -0.3 is 0 Å². The molecule has 1 saturated carbocycles. The van der Waals surface area contributed by atoms with Crippen LogP contribution in [0.3, 0.4) is 0 Å². The van der Waals surface area contributed by atoms with Crippen LogP contribution in [0.1, 0.15) is 13.8 Å². The molecule has 102 valence electrons. The van der Waals surface area contributed by atoms with Gasteiger partial charge in [0.15, 0.2) is 0 Å². The highest BCUT2D eigenvalue weighted by molar-refractivity contribution is 5.20. The van der Waals surface area contributed by atoms with Gasteiger partial charge in [0, 0.05) is 0 Å². The summed E-state index contributed by atoms with van der Waals surface area (Å²) in [6.07, 6.45) is 0. The maximum Gasteiger partial charge on any atom is 0.349 e. The van der Waals surface area contributed by atoms with E-state index in [1.165, 1.54) is 0 Å². The lowest BCUT2D eigenvalue weighted by Crippen LogP contribution is -2.77. The van der Waals surface area contributed by atoms with Crippen LogP contribution in [0.5, 0.6) is 0 Å². The van der Waals surface area contributed by atoms with Crippen molar-refractivity contribution in [1.82, 2.24) is 0 Å². The van der Waals surface area contributed by atoms with E-state index in [9.17, 15) is 39.5 Å². The summed E-state index contributed by atoms with van der Waals surface area (Å²) < 4.78 is 116. The van der Waals surface area contributed by atoms with Crippen LogP contribution in [0.4, 0.5) is 39.5 Å². The Bertz CT molecular complexity index is 300. The summed E-state index contributed by atoms with van der Waals surface area (Å²) in [6.45, 7) is -0.822. The number of alkyl halides is 9. The van der Waals surface area contributed by atoms with Crippen molar-refractivity contribution in [1.29, 1.82) is 0 Å². The van der Waals surface area contributed by atoms with Crippen molar-refractivity contribution in [2.45, 2.75) is 43.2 Å². The molecule has 0 unspecified atom stereocenters. The Kier molecular flexibility index (Phi) is 2.57.